The SMILES string of the molecule is CCc1cc(N2CCCC2CNC)ncn1. The second-order valence-corrected chi connectivity index (χ2v) is 4.27. The van der Waals surface area contributed by atoms with Gasteiger partial charge in [0, 0.05) is 30.9 Å². The lowest BCUT2D eigenvalue weighted by Crippen LogP contribution is -2.37. The van der Waals surface area contributed by atoms with Crippen LogP contribution in [0.5, 0.6) is 0 Å². The average Bonchev–Trinajstić information content (AvgIpc) is 2.78. The average molecular weight is 220 g/mol. The molecule has 2 heterocycles. The summed E-state index contributed by atoms with van der Waals surface area (Å²) in [5.41, 5.74) is 1.13. The molecule has 0 aromatic carbocycles. The third-order valence-corrected chi connectivity index (χ3v) is 3.18. The molecule has 0 bridgehead atoms. The lowest BCUT2D eigenvalue weighted by molar-refractivity contribution is 0.611. The maximum absolute atomic E-state index is 4.39. The van der Waals surface area contributed by atoms with Gasteiger partial charge in [0.2, 0.25) is 0 Å². The molecule has 1 aliphatic rings. The van der Waals surface area contributed by atoms with E-state index in [-0.39, 0.29) is 0 Å². The molecular formula is C12H20N4. The van der Waals surface area contributed by atoms with Gasteiger partial charge >= 0.3 is 0 Å². The number of rotatable bonds is 4. The highest BCUT2D eigenvalue weighted by Gasteiger charge is 2.24. The number of likely N-dealkylation sites (N-methyl/N-ethyl adjacent to an activating group) is 1. The highest BCUT2D eigenvalue weighted by atomic mass is 15.2. The van der Waals surface area contributed by atoms with E-state index in [0.717, 1.165) is 31.0 Å². The molecule has 0 saturated carbocycles. The fourth-order valence-corrected chi connectivity index (χ4v) is 2.32. The summed E-state index contributed by atoms with van der Waals surface area (Å²) in [4.78, 5) is 11.0. The molecule has 1 N–H and O–H groups in total. The van der Waals surface area contributed by atoms with Gasteiger partial charge in [0.25, 0.3) is 0 Å². The third kappa shape index (κ3) is 2.32. The Labute approximate surface area is 97.1 Å². The first kappa shape index (κ1) is 11.3. The summed E-state index contributed by atoms with van der Waals surface area (Å²) in [5.74, 6) is 1.09. The molecule has 4 heteroatoms. The van der Waals surface area contributed by atoms with Crippen LogP contribution < -0.4 is 10.2 Å². The van der Waals surface area contributed by atoms with Crippen LogP contribution >= 0.6 is 0 Å². The quantitative estimate of drug-likeness (QED) is 0.828. The van der Waals surface area contributed by atoms with E-state index in [4.69, 9.17) is 0 Å². The first-order valence-electron chi connectivity index (χ1n) is 6.07. The molecule has 1 saturated heterocycles. The summed E-state index contributed by atoms with van der Waals surface area (Å²) in [5, 5.41) is 3.25. The van der Waals surface area contributed by atoms with Gasteiger partial charge in [-0.15, -0.1) is 0 Å². The molecule has 1 aromatic rings. The lowest BCUT2D eigenvalue weighted by Gasteiger charge is -2.25. The largest absolute Gasteiger partial charge is 0.352 e. The molecule has 1 unspecified atom stereocenters. The summed E-state index contributed by atoms with van der Waals surface area (Å²) in [6, 6.07) is 2.71. The highest BCUT2D eigenvalue weighted by Crippen LogP contribution is 2.23. The Bertz CT molecular complexity index is 340. The van der Waals surface area contributed by atoms with E-state index in [2.05, 4.69) is 33.2 Å². The van der Waals surface area contributed by atoms with Gasteiger partial charge in [0.15, 0.2) is 0 Å². The van der Waals surface area contributed by atoms with Crippen molar-refractivity contribution in [3.63, 3.8) is 0 Å². The van der Waals surface area contributed by atoms with Gasteiger partial charge in [0.1, 0.15) is 12.1 Å². The van der Waals surface area contributed by atoms with Crippen LogP contribution in [0.3, 0.4) is 0 Å². The second kappa shape index (κ2) is 5.25. The van der Waals surface area contributed by atoms with Gasteiger partial charge in [0.05, 0.1) is 0 Å². The summed E-state index contributed by atoms with van der Waals surface area (Å²) in [6.45, 7) is 4.28. The van der Waals surface area contributed by atoms with Crippen molar-refractivity contribution < 1.29 is 0 Å². The van der Waals surface area contributed by atoms with Crippen LogP contribution in [0.4, 0.5) is 5.82 Å². The molecule has 1 aromatic heterocycles. The molecule has 0 spiro atoms. The minimum Gasteiger partial charge on any atom is -0.352 e. The number of nitrogens with one attached hydrogen (secondary N) is 1. The Hall–Kier alpha value is -1.16. The Morgan fingerprint density at radius 2 is 2.38 bits per heavy atom. The monoisotopic (exact) mass is 220 g/mol. The van der Waals surface area contributed by atoms with Crippen molar-refractivity contribution in [2.75, 3.05) is 25.0 Å². The summed E-state index contributed by atoms with van der Waals surface area (Å²) < 4.78 is 0. The van der Waals surface area contributed by atoms with Crippen LogP contribution in [0, 0.1) is 0 Å². The lowest BCUT2D eigenvalue weighted by atomic mass is 10.2. The molecule has 0 radical (unpaired) electrons. The molecule has 0 amide bonds. The Morgan fingerprint density at radius 3 is 3.12 bits per heavy atom. The molecule has 2 rings (SSSR count). The van der Waals surface area contributed by atoms with Crippen LogP contribution in [0.15, 0.2) is 12.4 Å². The van der Waals surface area contributed by atoms with Crippen LogP contribution in [0.1, 0.15) is 25.5 Å². The number of nitrogens with zero attached hydrogens (tertiary/aromatic N) is 3. The fraction of sp³-hybridized carbons (Fsp3) is 0.667. The van der Waals surface area contributed by atoms with E-state index in [1.807, 2.05) is 7.05 Å². The van der Waals surface area contributed by atoms with E-state index >= 15 is 0 Å². The summed E-state index contributed by atoms with van der Waals surface area (Å²) in [6.07, 6.45) is 5.17. The van der Waals surface area contributed by atoms with Gasteiger partial charge < -0.3 is 10.2 Å². The minimum absolute atomic E-state index is 0.588. The normalized spacial score (nSPS) is 20.4. The van der Waals surface area contributed by atoms with Gasteiger partial charge in [-0.3, -0.25) is 0 Å². The first-order chi connectivity index (χ1) is 7.85. The summed E-state index contributed by atoms with van der Waals surface area (Å²) in [7, 11) is 2.01. The zero-order valence-electron chi connectivity index (χ0n) is 10.1. The smallest absolute Gasteiger partial charge is 0.132 e. The molecule has 1 fully saturated rings. The molecule has 16 heavy (non-hydrogen) atoms. The zero-order valence-corrected chi connectivity index (χ0v) is 10.1. The highest BCUT2D eigenvalue weighted by molar-refractivity contribution is 5.41. The number of aryl methyl sites for hydroxylation is 1. The molecule has 1 atom stereocenters. The van der Waals surface area contributed by atoms with Crippen molar-refractivity contribution >= 4 is 5.82 Å². The minimum atomic E-state index is 0.588. The van der Waals surface area contributed by atoms with Gasteiger partial charge in [-0.05, 0) is 26.3 Å². The molecule has 0 aliphatic carbocycles. The topological polar surface area (TPSA) is 41.0 Å². The molecule has 88 valence electrons. The van der Waals surface area contributed by atoms with Crippen LogP contribution in [0.25, 0.3) is 0 Å². The Balaban J connectivity index is 2.15. The first-order valence-corrected chi connectivity index (χ1v) is 6.07. The standard InChI is InChI=1S/C12H20N4/c1-3-10-7-12(15-9-14-10)16-6-4-5-11(16)8-13-2/h7,9,11,13H,3-6,8H2,1-2H3. The van der Waals surface area contributed by atoms with Crippen LogP contribution in [0.2, 0.25) is 0 Å². The van der Waals surface area contributed by atoms with Gasteiger partial charge in [-0.25, -0.2) is 9.97 Å². The maximum atomic E-state index is 4.39. The Kier molecular flexibility index (Phi) is 3.72. The van der Waals surface area contributed by atoms with E-state index in [1.165, 1.54) is 12.8 Å². The summed E-state index contributed by atoms with van der Waals surface area (Å²) >= 11 is 0. The van der Waals surface area contributed by atoms with Gasteiger partial charge in [-0.2, -0.15) is 0 Å². The van der Waals surface area contributed by atoms with E-state index in [9.17, 15) is 0 Å². The predicted molar refractivity (Wildman–Crippen MR) is 65.7 cm³/mol. The van der Waals surface area contributed by atoms with E-state index in [0.29, 0.717) is 6.04 Å². The number of hydrogen-bond acceptors (Lipinski definition) is 4. The number of hydrogen-bond donors (Lipinski definition) is 1. The van der Waals surface area contributed by atoms with Crippen molar-refractivity contribution in [3.8, 4) is 0 Å². The fourth-order valence-electron chi connectivity index (χ4n) is 2.32. The zero-order chi connectivity index (χ0) is 11.4. The van der Waals surface area contributed by atoms with Crippen LogP contribution in [-0.4, -0.2) is 36.1 Å². The van der Waals surface area contributed by atoms with Crippen molar-refractivity contribution in [2.45, 2.75) is 32.2 Å². The Morgan fingerprint density at radius 1 is 1.50 bits per heavy atom. The molecular weight excluding hydrogens is 200 g/mol. The molecule has 1 aliphatic heterocycles. The van der Waals surface area contributed by atoms with Crippen molar-refractivity contribution in [1.29, 1.82) is 0 Å². The van der Waals surface area contributed by atoms with E-state index < -0.39 is 0 Å². The third-order valence-electron chi connectivity index (χ3n) is 3.18. The second-order valence-electron chi connectivity index (χ2n) is 4.27. The maximum Gasteiger partial charge on any atom is 0.132 e. The van der Waals surface area contributed by atoms with E-state index in [1.54, 1.807) is 6.33 Å². The van der Waals surface area contributed by atoms with Gasteiger partial charge in [-0.1, -0.05) is 6.92 Å². The van der Waals surface area contributed by atoms with Crippen molar-refractivity contribution in [1.82, 2.24) is 15.3 Å². The number of aromatic nitrogens is 2. The van der Waals surface area contributed by atoms with Crippen LogP contribution in [-0.2, 0) is 6.42 Å². The molecule has 4 nitrogen and oxygen atoms in total. The van der Waals surface area contributed by atoms with Crippen molar-refractivity contribution in [2.24, 2.45) is 0 Å². The predicted octanol–water partition coefficient (Wildman–Crippen LogP) is 1.23. The van der Waals surface area contributed by atoms with Crippen molar-refractivity contribution in [3.05, 3.63) is 18.1 Å². The number of anilines is 1.